The average molecular weight is 443 g/mol. The van der Waals surface area contributed by atoms with Crippen molar-refractivity contribution in [1.29, 1.82) is 0 Å². The molecule has 0 aliphatic carbocycles. The summed E-state index contributed by atoms with van der Waals surface area (Å²) in [6.45, 7) is 4.61. The van der Waals surface area contributed by atoms with Gasteiger partial charge in [0.1, 0.15) is 5.75 Å². The van der Waals surface area contributed by atoms with E-state index in [1.807, 2.05) is 91.0 Å². The number of para-hydroxylation sites is 1. The van der Waals surface area contributed by atoms with E-state index in [-0.39, 0.29) is 5.56 Å². The summed E-state index contributed by atoms with van der Waals surface area (Å²) >= 11 is 1.56. The van der Waals surface area contributed by atoms with E-state index < -0.39 is 0 Å². The Balaban J connectivity index is 1.52. The molecular formula is C25H22N4O2S. The van der Waals surface area contributed by atoms with Crippen LogP contribution in [-0.2, 0) is 0 Å². The third-order valence-corrected chi connectivity index (χ3v) is 6.15. The second kappa shape index (κ2) is 8.51. The third-order valence-electron chi connectivity index (χ3n) is 5.26. The fourth-order valence-electron chi connectivity index (χ4n) is 3.70. The second-order valence-electron chi connectivity index (χ2n) is 7.62. The number of aromatic nitrogens is 4. The summed E-state index contributed by atoms with van der Waals surface area (Å²) in [6.07, 6.45) is 0. The minimum absolute atomic E-state index is 0.108. The lowest BCUT2D eigenvalue weighted by Gasteiger charge is -2.11. The lowest BCUT2D eigenvalue weighted by Crippen LogP contribution is -2.21. The molecule has 0 unspecified atom stereocenters. The molecule has 0 bridgehead atoms. The molecule has 2 aromatic heterocycles. The zero-order valence-corrected chi connectivity index (χ0v) is 18.7. The Labute approximate surface area is 189 Å². The van der Waals surface area contributed by atoms with Crippen LogP contribution in [0.3, 0.4) is 0 Å². The molecule has 3 aromatic carbocycles. The fraction of sp³-hybridized carbons (Fsp3) is 0.160. The van der Waals surface area contributed by atoms with Gasteiger partial charge in [-0.15, -0.1) is 10.2 Å². The minimum atomic E-state index is -0.108. The first-order valence-corrected chi connectivity index (χ1v) is 11.4. The molecule has 0 amide bonds. The molecule has 0 saturated carbocycles. The Hall–Kier alpha value is -3.58. The molecule has 7 heteroatoms. The maximum Gasteiger partial charge on any atom is 0.267 e. The van der Waals surface area contributed by atoms with Gasteiger partial charge in [0, 0.05) is 5.75 Å². The third kappa shape index (κ3) is 3.76. The molecule has 160 valence electrons. The van der Waals surface area contributed by atoms with Crippen LogP contribution in [0.4, 0.5) is 0 Å². The topological polar surface area (TPSA) is 61.4 Å². The van der Waals surface area contributed by atoms with Crippen molar-refractivity contribution in [2.75, 3.05) is 12.4 Å². The highest BCUT2D eigenvalue weighted by atomic mass is 32.2. The van der Waals surface area contributed by atoms with Crippen LogP contribution in [0.25, 0.3) is 22.4 Å². The SMILES string of the molecule is Cc1ccc(-n2c(=O)c3ccccc3n3c(SCCOc4cccc(C)c4)nnc23)cc1. The summed E-state index contributed by atoms with van der Waals surface area (Å²) in [5.74, 6) is 2.06. The van der Waals surface area contributed by atoms with E-state index in [0.717, 1.165) is 27.7 Å². The van der Waals surface area contributed by atoms with Crippen LogP contribution in [0.15, 0.2) is 82.7 Å². The summed E-state index contributed by atoms with van der Waals surface area (Å²) in [7, 11) is 0. The van der Waals surface area contributed by atoms with Gasteiger partial charge in [-0.25, -0.2) is 4.57 Å². The monoisotopic (exact) mass is 442 g/mol. The molecule has 0 fully saturated rings. The Morgan fingerprint density at radius 2 is 1.72 bits per heavy atom. The summed E-state index contributed by atoms with van der Waals surface area (Å²) in [5.41, 5.74) is 3.75. The van der Waals surface area contributed by atoms with Crippen molar-refractivity contribution in [2.24, 2.45) is 0 Å². The van der Waals surface area contributed by atoms with Crippen LogP contribution >= 0.6 is 11.8 Å². The molecule has 0 spiro atoms. The van der Waals surface area contributed by atoms with E-state index >= 15 is 0 Å². The number of hydrogen-bond donors (Lipinski definition) is 0. The van der Waals surface area contributed by atoms with Gasteiger partial charge in [-0.2, -0.15) is 0 Å². The Morgan fingerprint density at radius 3 is 2.53 bits per heavy atom. The molecule has 0 saturated heterocycles. The van der Waals surface area contributed by atoms with Gasteiger partial charge in [0.25, 0.3) is 5.56 Å². The lowest BCUT2D eigenvalue weighted by molar-refractivity contribution is 0.343. The number of benzene rings is 3. The van der Waals surface area contributed by atoms with Gasteiger partial charge in [0.15, 0.2) is 5.16 Å². The first kappa shape index (κ1) is 20.3. The molecule has 2 heterocycles. The van der Waals surface area contributed by atoms with E-state index in [9.17, 15) is 4.79 Å². The second-order valence-corrected chi connectivity index (χ2v) is 8.69. The largest absolute Gasteiger partial charge is 0.493 e. The number of nitrogens with zero attached hydrogens (tertiary/aromatic N) is 4. The van der Waals surface area contributed by atoms with Gasteiger partial charge >= 0.3 is 0 Å². The highest BCUT2D eigenvalue weighted by Crippen LogP contribution is 2.23. The fourth-order valence-corrected chi connectivity index (χ4v) is 4.45. The van der Waals surface area contributed by atoms with Crippen LogP contribution in [0.2, 0.25) is 0 Å². The Bertz CT molecular complexity index is 1470. The molecule has 5 aromatic rings. The van der Waals surface area contributed by atoms with Crippen molar-refractivity contribution >= 4 is 28.4 Å². The summed E-state index contributed by atoms with van der Waals surface area (Å²) < 4.78 is 9.45. The number of aryl methyl sites for hydroxylation is 2. The lowest BCUT2D eigenvalue weighted by atomic mass is 10.2. The van der Waals surface area contributed by atoms with Crippen molar-refractivity contribution < 1.29 is 4.74 Å². The highest BCUT2D eigenvalue weighted by molar-refractivity contribution is 7.99. The molecular weight excluding hydrogens is 420 g/mol. The van der Waals surface area contributed by atoms with Crippen LogP contribution < -0.4 is 10.3 Å². The highest BCUT2D eigenvalue weighted by Gasteiger charge is 2.17. The van der Waals surface area contributed by atoms with Crippen LogP contribution in [0.5, 0.6) is 5.75 Å². The zero-order valence-electron chi connectivity index (χ0n) is 17.9. The number of rotatable bonds is 6. The smallest absolute Gasteiger partial charge is 0.267 e. The van der Waals surface area contributed by atoms with Gasteiger partial charge in [-0.3, -0.25) is 9.20 Å². The van der Waals surface area contributed by atoms with Crippen molar-refractivity contribution in [2.45, 2.75) is 19.0 Å². The molecule has 0 atom stereocenters. The van der Waals surface area contributed by atoms with Gasteiger partial charge < -0.3 is 4.74 Å². The van der Waals surface area contributed by atoms with Crippen molar-refractivity contribution in [1.82, 2.24) is 19.2 Å². The molecule has 0 aliphatic rings. The quantitative estimate of drug-likeness (QED) is 0.279. The maximum atomic E-state index is 13.3. The summed E-state index contributed by atoms with van der Waals surface area (Å²) in [6, 6.07) is 23.4. The van der Waals surface area contributed by atoms with Gasteiger partial charge in [0.2, 0.25) is 5.78 Å². The minimum Gasteiger partial charge on any atom is -0.493 e. The Kier molecular flexibility index (Phi) is 5.41. The molecule has 32 heavy (non-hydrogen) atoms. The summed E-state index contributed by atoms with van der Waals surface area (Å²) in [5, 5.41) is 10.2. The van der Waals surface area contributed by atoms with Crippen molar-refractivity contribution in [3.8, 4) is 11.4 Å². The van der Waals surface area contributed by atoms with E-state index in [2.05, 4.69) is 10.2 Å². The summed E-state index contributed by atoms with van der Waals surface area (Å²) in [4.78, 5) is 13.3. The van der Waals surface area contributed by atoms with E-state index in [1.165, 1.54) is 5.56 Å². The van der Waals surface area contributed by atoms with Crippen LogP contribution in [0.1, 0.15) is 11.1 Å². The predicted octanol–water partition coefficient (Wildman–Crippen LogP) is 4.82. The molecule has 0 aliphatic heterocycles. The number of thioether (sulfide) groups is 1. The van der Waals surface area contributed by atoms with E-state index in [4.69, 9.17) is 4.74 Å². The molecule has 5 rings (SSSR count). The number of hydrogen-bond acceptors (Lipinski definition) is 5. The standard InChI is InChI=1S/C25H22N4O2S/c1-17-10-12-19(13-11-17)28-23(30)21-8-3-4-9-22(21)29-24(28)26-27-25(29)32-15-14-31-20-7-5-6-18(2)16-20/h3-13,16H,14-15H2,1-2H3. The van der Waals surface area contributed by atoms with Gasteiger partial charge in [-0.05, 0) is 55.8 Å². The van der Waals surface area contributed by atoms with Crippen molar-refractivity contribution in [3.63, 3.8) is 0 Å². The number of ether oxygens (including phenoxy) is 1. The first-order valence-electron chi connectivity index (χ1n) is 10.4. The zero-order chi connectivity index (χ0) is 22.1. The van der Waals surface area contributed by atoms with Gasteiger partial charge in [0.05, 0.1) is 23.2 Å². The normalized spacial score (nSPS) is 11.3. The van der Waals surface area contributed by atoms with E-state index in [0.29, 0.717) is 23.5 Å². The maximum absolute atomic E-state index is 13.3. The van der Waals surface area contributed by atoms with Crippen LogP contribution in [0, 0.1) is 13.8 Å². The van der Waals surface area contributed by atoms with Gasteiger partial charge in [-0.1, -0.05) is 53.7 Å². The van der Waals surface area contributed by atoms with Crippen LogP contribution in [-0.4, -0.2) is 31.5 Å². The van der Waals surface area contributed by atoms with E-state index in [1.54, 1.807) is 16.3 Å². The predicted molar refractivity (Wildman–Crippen MR) is 128 cm³/mol. The first-order chi connectivity index (χ1) is 15.6. The average Bonchev–Trinajstić information content (AvgIpc) is 3.22. The molecule has 0 radical (unpaired) electrons. The van der Waals surface area contributed by atoms with Crippen molar-refractivity contribution in [3.05, 3.63) is 94.3 Å². The number of fused-ring (bicyclic) bond motifs is 3. The molecule has 0 N–H and O–H groups in total. The molecule has 6 nitrogen and oxygen atoms in total. The Morgan fingerprint density at radius 1 is 0.906 bits per heavy atom.